The quantitative estimate of drug-likeness (QED) is 0.716. The minimum absolute atomic E-state index is 0.224. The molecule has 1 aliphatic heterocycles. The number of hydrogen-bond acceptors (Lipinski definition) is 5. The average molecular weight is 440 g/mol. The number of piperazine rings is 1. The summed E-state index contributed by atoms with van der Waals surface area (Å²) in [6.45, 7) is 5.89. The zero-order valence-corrected chi connectivity index (χ0v) is 17.7. The molecule has 3 rings (SSSR count). The van der Waals surface area contributed by atoms with Crippen molar-refractivity contribution in [3.63, 3.8) is 0 Å². The van der Waals surface area contributed by atoms with Gasteiger partial charge in [0.2, 0.25) is 0 Å². The Hall–Kier alpha value is -2.75. The number of benzene rings is 1. The predicted octanol–water partition coefficient (Wildman–Crippen LogP) is 2.31. The number of alkyl halides is 3. The van der Waals surface area contributed by atoms with Gasteiger partial charge in [-0.3, -0.25) is 14.3 Å². The van der Waals surface area contributed by atoms with Crippen molar-refractivity contribution in [2.45, 2.75) is 33.0 Å². The summed E-state index contributed by atoms with van der Waals surface area (Å²) >= 11 is 0. The Bertz CT molecular complexity index is 1010. The van der Waals surface area contributed by atoms with Crippen LogP contribution < -0.4 is 20.9 Å². The van der Waals surface area contributed by atoms with E-state index in [-0.39, 0.29) is 11.3 Å². The van der Waals surface area contributed by atoms with E-state index in [1.807, 2.05) is 4.90 Å². The number of aromatic nitrogens is 2. The van der Waals surface area contributed by atoms with Crippen molar-refractivity contribution >= 4 is 5.69 Å². The van der Waals surface area contributed by atoms with Crippen LogP contribution in [0.2, 0.25) is 0 Å². The van der Waals surface area contributed by atoms with Crippen LogP contribution in [0.15, 0.2) is 33.9 Å². The Morgan fingerprint density at radius 2 is 1.71 bits per heavy atom. The minimum atomic E-state index is -4.38. The van der Waals surface area contributed by atoms with Crippen LogP contribution in [0.3, 0.4) is 0 Å². The second kappa shape index (κ2) is 9.59. The third-order valence-electron chi connectivity index (χ3n) is 5.49. The SMILES string of the molecule is Cc1[nH]c(=O)n(CCCN2CCN(c3ccccc3OCC(F)(F)F)CC2)c(=O)c1C. The van der Waals surface area contributed by atoms with E-state index in [9.17, 15) is 22.8 Å². The van der Waals surface area contributed by atoms with Crippen LogP contribution in [0.5, 0.6) is 5.75 Å². The highest BCUT2D eigenvalue weighted by Gasteiger charge is 2.29. The highest BCUT2D eigenvalue weighted by atomic mass is 19.4. The molecule has 10 heteroatoms. The maximum atomic E-state index is 12.5. The molecule has 0 amide bonds. The van der Waals surface area contributed by atoms with Gasteiger partial charge in [0.1, 0.15) is 5.75 Å². The summed E-state index contributed by atoms with van der Waals surface area (Å²) in [5.74, 6) is 0.224. The maximum absolute atomic E-state index is 12.5. The fourth-order valence-electron chi connectivity index (χ4n) is 3.64. The van der Waals surface area contributed by atoms with E-state index in [0.29, 0.717) is 43.0 Å². The number of anilines is 1. The minimum Gasteiger partial charge on any atom is -0.482 e. The molecule has 7 nitrogen and oxygen atoms in total. The molecule has 1 N–H and O–H groups in total. The lowest BCUT2D eigenvalue weighted by atomic mass is 10.2. The van der Waals surface area contributed by atoms with Crippen LogP contribution in [-0.4, -0.2) is 60.0 Å². The van der Waals surface area contributed by atoms with Gasteiger partial charge in [-0.2, -0.15) is 13.2 Å². The summed E-state index contributed by atoms with van der Waals surface area (Å²) in [6.07, 6.45) is -3.73. The van der Waals surface area contributed by atoms with E-state index < -0.39 is 18.5 Å². The van der Waals surface area contributed by atoms with Crippen LogP contribution in [0.1, 0.15) is 17.7 Å². The van der Waals surface area contributed by atoms with Crippen molar-refractivity contribution in [3.05, 3.63) is 56.4 Å². The number of hydrogen-bond donors (Lipinski definition) is 1. The van der Waals surface area contributed by atoms with Gasteiger partial charge in [0, 0.05) is 44.0 Å². The van der Waals surface area contributed by atoms with E-state index in [2.05, 4.69) is 9.88 Å². The average Bonchev–Trinajstić information content (AvgIpc) is 2.73. The number of aromatic amines is 1. The molecule has 2 heterocycles. The van der Waals surface area contributed by atoms with E-state index in [1.165, 1.54) is 4.57 Å². The highest BCUT2D eigenvalue weighted by molar-refractivity contribution is 5.58. The normalized spacial score (nSPS) is 15.3. The van der Waals surface area contributed by atoms with Crippen molar-refractivity contribution in [1.82, 2.24) is 14.5 Å². The van der Waals surface area contributed by atoms with E-state index in [1.54, 1.807) is 38.1 Å². The summed E-state index contributed by atoms with van der Waals surface area (Å²) in [7, 11) is 0. The summed E-state index contributed by atoms with van der Waals surface area (Å²) in [5, 5.41) is 0. The summed E-state index contributed by atoms with van der Waals surface area (Å²) < 4.78 is 43.8. The topological polar surface area (TPSA) is 70.6 Å². The van der Waals surface area contributed by atoms with Gasteiger partial charge in [-0.15, -0.1) is 0 Å². The molecule has 31 heavy (non-hydrogen) atoms. The summed E-state index contributed by atoms with van der Waals surface area (Å²) in [4.78, 5) is 31.3. The number of ether oxygens (including phenoxy) is 1. The van der Waals surface area contributed by atoms with Gasteiger partial charge in [0.15, 0.2) is 6.61 Å². The maximum Gasteiger partial charge on any atom is 0.422 e. The molecule has 0 saturated carbocycles. The number of para-hydroxylation sites is 2. The van der Waals surface area contributed by atoms with E-state index >= 15 is 0 Å². The van der Waals surface area contributed by atoms with Gasteiger partial charge in [0.05, 0.1) is 5.69 Å². The van der Waals surface area contributed by atoms with E-state index in [0.717, 1.165) is 19.6 Å². The molecule has 0 aliphatic carbocycles. The van der Waals surface area contributed by atoms with Gasteiger partial charge in [0.25, 0.3) is 5.56 Å². The molecule has 1 aliphatic rings. The molecule has 2 aromatic rings. The van der Waals surface area contributed by atoms with Gasteiger partial charge in [-0.1, -0.05) is 12.1 Å². The molecule has 0 spiro atoms. The van der Waals surface area contributed by atoms with Crippen LogP contribution >= 0.6 is 0 Å². The number of halogens is 3. The molecule has 1 aromatic heterocycles. The largest absolute Gasteiger partial charge is 0.482 e. The van der Waals surface area contributed by atoms with Crippen molar-refractivity contribution in [2.24, 2.45) is 0 Å². The molecule has 170 valence electrons. The second-order valence-corrected chi connectivity index (χ2v) is 7.69. The zero-order valence-electron chi connectivity index (χ0n) is 17.7. The van der Waals surface area contributed by atoms with Crippen molar-refractivity contribution in [1.29, 1.82) is 0 Å². The van der Waals surface area contributed by atoms with Crippen LogP contribution in [0, 0.1) is 13.8 Å². The smallest absolute Gasteiger partial charge is 0.422 e. The zero-order chi connectivity index (χ0) is 22.6. The Kier molecular flexibility index (Phi) is 7.09. The Balaban J connectivity index is 1.53. The Morgan fingerprint density at radius 3 is 2.39 bits per heavy atom. The molecule has 0 radical (unpaired) electrons. The summed E-state index contributed by atoms with van der Waals surface area (Å²) in [6, 6.07) is 6.74. The Morgan fingerprint density at radius 1 is 1.03 bits per heavy atom. The second-order valence-electron chi connectivity index (χ2n) is 7.69. The van der Waals surface area contributed by atoms with Gasteiger partial charge >= 0.3 is 11.9 Å². The third-order valence-corrected chi connectivity index (χ3v) is 5.49. The molecular weight excluding hydrogens is 413 g/mol. The predicted molar refractivity (Wildman–Crippen MR) is 112 cm³/mol. The number of nitrogens with zero attached hydrogens (tertiary/aromatic N) is 3. The van der Waals surface area contributed by atoms with Crippen molar-refractivity contribution in [3.8, 4) is 5.75 Å². The molecule has 1 fully saturated rings. The standard InChI is InChI=1S/C21H27F3N4O3/c1-15-16(2)25-20(30)28(19(15)29)9-5-8-26-10-12-27(13-11-26)17-6-3-4-7-18(17)31-14-21(22,23)24/h3-4,6-7H,5,8-14H2,1-2H3,(H,25,30). The van der Waals surface area contributed by atoms with Gasteiger partial charge in [-0.25, -0.2) is 4.79 Å². The first-order valence-corrected chi connectivity index (χ1v) is 10.2. The van der Waals surface area contributed by atoms with Crippen molar-refractivity contribution in [2.75, 3.05) is 44.2 Å². The number of nitrogens with one attached hydrogen (secondary N) is 1. The first-order valence-electron chi connectivity index (χ1n) is 10.2. The highest BCUT2D eigenvalue weighted by Crippen LogP contribution is 2.30. The van der Waals surface area contributed by atoms with Crippen LogP contribution in [0.25, 0.3) is 0 Å². The molecule has 0 atom stereocenters. The third kappa shape index (κ3) is 5.90. The lowest BCUT2D eigenvalue weighted by Crippen LogP contribution is -2.47. The first-order chi connectivity index (χ1) is 14.7. The lowest BCUT2D eigenvalue weighted by molar-refractivity contribution is -0.153. The van der Waals surface area contributed by atoms with E-state index in [4.69, 9.17) is 4.74 Å². The Labute approximate surface area is 178 Å². The molecule has 0 unspecified atom stereocenters. The fourth-order valence-corrected chi connectivity index (χ4v) is 3.64. The van der Waals surface area contributed by atoms with Crippen LogP contribution in [-0.2, 0) is 6.54 Å². The first kappa shape index (κ1) is 22.9. The summed E-state index contributed by atoms with van der Waals surface area (Å²) in [5.41, 5.74) is 1.12. The van der Waals surface area contributed by atoms with Crippen molar-refractivity contribution < 1.29 is 17.9 Å². The number of H-pyrrole nitrogens is 1. The van der Waals surface area contributed by atoms with Gasteiger partial charge < -0.3 is 14.6 Å². The molecular formula is C21H27F3N4O3. The molecule has 0 bridgehead atoms. The lowest BCUT2D eigenvalue weighted by Gasteiger charge is -2.36. The number of rotatable bonds is 7. The fraction of sp³-hybridized carbons (Fsp3) is 0.524. The van der Waals surface area contributed by atoms with Gasteiger partial charge in [-0.05, 0) is 38.9 Å². The molecule has 1 saturated heterocycles. The molecule has 1 aromatic carbocycles. The number of aryl methyl sites for hydroxylation is 1. The monoisotopic (exact) mass is 440 g/mol. The van der Waals surface area contributed by atoms with Crippen LogP contribution in [0.4, 0.5) is 18.9 Å².